The molecule has 5 nitrogen and oxygen atoms in total. The van der Waals surface area contributed by atoms with Crippen LogP contribution in [0.3, 0.4) is 0 Å². The number of halogens is 1. The third kappa shape index (κ3) is 3.26. The van der Waals surface area contributed by atoms with Crippen molar-refractivity contribution >= 4 is 52.5 Å². The van der Waals surface area contributed by atoms with Crippen LogP contribution in [0.25, 0.3) is 6.08 Å². The zero-order valence-corrected chi connectivity index (χ0v) is 14.7. The van der Waals surface area contributed by atoms with Gasteiger partial charge < -0.3 is 5.11 Å². The van der Waals surface area contributed by atoms with Crippen molar-refractivity contribution in [3.63, 3.8) is 0 Å². The highest BCUT2D eigenvalue weighted by Gasteiger charge is 2.35. The molecule has 1 aliphatic rings. The summed E-state index contributed by atoms with van der Waals surface area (Å²) in [4.78, 5) is 26.4. The SMILES string of the molecule is Cc1c(Cl)cccc1N1C(=O)/C(=C/c2ccc(O)cc2)C(=O)NC1=S. The minimum Gasteiger partial charge on any atom is -0.508 e. The Morgan fingerprint density at radius 3 is 2.52 bits per heavy atom. The van der Waals surface area contributed by atoms with Gasteiger partial charge in [0.05, 0.1) is 5.69 Å². The second kappa shape index (κ2) is 6.66. The van der Waals surface area contributed by atoms with Crippen LogP contribution in [0.2, 0.25) is 5.02 Å². The lowest BCUT2D eigenvalue weighted by Crippen LogP contribution is -2.54. The molecule has 0 spiro atoms. The zero-order valence-electron chi connectivity index (χ0n) is 13.1. The van der Waals surface area contributed by atoms with Crippen molar-refractivity contribution < 1.29 is 14.7 Å². The summed E-state index contributed by atoms with van der Waals surface area (Å²) in [5, 5.41) is 12.4. The Kier molecular flexibility index (Phi) is 4.57. The van der Waals surface area contributed by atoms with E-state index in [2.05, 4.69) is 5.32 Å². The van der Waals surface area contributed by atoms with Gasteiger partial charge in [0.15, 0.2) is 5.11 Å². The molecule has 3 rings (SSSR count). The number of rotatable bonds is 2. The van der Waals surface area contributed by atoms with E-state index in [1.807, 2.05) is 0 Å². The highest BCUT2D eigenvalue weighted by Crippen LogP contribution is 2.29. The summed E-state index contributed by atoms with van der Waals surface area (Å²) in [7, 11) is 0. The topological polar surface area (TPSA) is 69.6 Å². The van der Waals surface area contributed by atoms with E-state index < -0.39 is 11.8 Å². The molecule has 2 aromatic carbocycles. The first-order valence-electron chi connectivity index (χ1n) is 7.34. The lowest BCUT2D eigenvalue weighted by atomic mass is 10.1. The lowest BCUT2D eigenvalue weighted by molar-refractivity contribution is -0.122. The van der Waals surface area contributed by atoms with Gasteiger partial charge in [-0.3, -0.25) is 19.8 Å². The van der Waals surface area contributed by atoms with Crippen LogP contribution in [0.15, 0.2) is 48.0 Å². The van der Waals surface area contributed by atoms with E-state index >= 15 is 0 Å². The van der Waals surface area contributed by atoms with Gasteiger partial charge in [0.2, 0.25) is 0 Å². The van der Waals surface area contributed by atoms with E-state index in [0.29, 0.717) is 21.8 Å². The maximum atomic E-state index is 12.9. The standard InChI is InChI=1S/C18H13ClN2O3S/c1-10-14(19)3-2-4-15(10)21-17(24)13(16(23)20-18(21)25)9-11-5-7-12(22)8-6-11/h2-9,22H,1H3,(H,20,23,25)/b13-9+. The molecule has 126 valence electrons. The van der Waals surface area contributed by atoms with E-state index in [-0.39, 0.29) is 16.4 Å². The molecule has 0 unspecified atom stereocenters. The molecule has 1 heterocycles. The number of hydrogen-bond donors (Lipinski definition) is 2. The van der Waals surface area contributed by atoms with Gasteiger partial charge in [-0.1, -0.05) is 29.8 Å². The Hall–Kier alpha value is -2.70. The van der Waals surface area contributed by atoms with Crippen molar-refractivity contribution in [1.82, 2.24) is 5.32 Å². The molecule has 1 saturated heterocycles. The number of thiocarbonyl (C=S) groups is 1. The number of phenols is 1. The number of amides is 2. The fraction of sp³-hybridized carbons (Fsp3) is 0.0556. The first-order valence-corrected chi connectivity index (χ1v) is 8.12. The summed E-state index contributed by atoms with van der Waals surface area (Å²) in [5.41, 5.74) is 1.74. The third-order valence-electron chi connectivity index (χ3n) is 3.79. The Bertz CT molecular complexity index is 922. The van der Waals surface area contributed by atoms with Gasteiger partial charge in [-0.05, 0) is 60.6 Å². The zero-order chi connectivity index (χ0) is 18.1. The van der Waals surface area contributed by atoms with Crippen LogP contribution in [0.1, 0.15) is 11.1 Å². The second-order valence-electron chi connectivity index (χ2n) is 5.43. The van der Waals surface area contributed by atoms with Gasteiger partial charge in [0.1, 0.15) is 11.3 Å². The van der Waals surface area contributed by atoms with Gasteiger partial charge in [-0.2, -0.15) is 0 Å². The van der Waals surface area contributed by atoms with Gasteiger partial charge in [0, 0.05) is 5.02 Å². The number of anilines is 1. The smallest absolute Gasteiger partial charge is 0.270 e. The van der Waals surface area contributed by atoms with Crippen LogP contribution < -0.4 is 10.2 Å². The van der Waals surface area contributed by atoms with Crippen LogP contribution >= 0.6 is 23.8 Å². The average molecular weight is 373 g/mol. The largest absolute Gasteiger partial charge is 0.508 e. The molecule has 0 bridgehead atoms. The molecule has 1 aliphatic heterocycles. The van der Waals surface area contributed by atoms with E-state index in [1.165, 1.54) is 23.1 Å². The van der Waals surface area contributed by atoms with Gasteiger partial charge in [0.25, 0.3) is 11.8 Å². The van der Waals surface area contributed by atoms with Crippen LogP contribution in [-0.2, 0) is 9.59 Å². The Labute approximate surface area is 154 Å². The van der Waals surface area contributed by atoms with Crippen molar-refractivity contribution in [3.8, 4) is 5.75 Å². The van der Waals surface area contributed by atoms with Crippen LogP contribution in [0.5, 0.6) is 5.75 Å². The number of phenolic OH excluding ortho intramolecular Hbond substituents is 1. The summed E-state index contributed by atoms with van der Waals surface area (Å²) in [6, 6.07) is 11.3. The van der Waals surface area contributed by atoms with E-state index in [4.69, 9.17) is 23.8 Å². The van der Waals surface area contributed by atoms with E-state index in [0.717, 1.165) is 0 Å². The van der Waals surface area contributed by atoms with Crippen molar-refractivity contribution in [2.75, 3.05) is 4.90 Å². The molecule has 0 aromatic heterocycles. The van der Waals surface area contributed by atoms with Gasteiger partial charge >= 0.3 is 0 Å². The minimum absolute atomic E-state index is 0.00298. The molecule has 2 amide bonds. The summed E-state index contributed by atoms with van der Waals surface area (Å²) in [6.45, 7) is 1.77. The Morgan fingerprint density at radius 1 is 1.16 bits per heavy atom. The van der Waals surface area contributed by atoms with Crippen molar-refractivity contribution in [2.45, 2.75) is 6.92 Å². The first kappa shape index (κ1) is 17.1. The highest BCUT2D eigenvalue weighted by atomic mass is 35.5. The number of nitrogens with zero attached hydrogens (tertiary/aromatic N) is 1. The van der Waals surface area contributed by atoms with Crippen molar-refractivity contribution in [3.05, 3.63) is 64.2 Å². The second-order valence-corrected chi connectivity index (χ2v) is 6.23. The number of carbonyl (C=O) groups excluding carboxylic acids is 2. The number of aromatic hydroxyl groups is 1. The van der Waals surface area contributed by atoms with Crippen LogP contribution in [-0.4, -0.2) is 22.0 Å². The van der Waals surface area contributed by atoms with E-state index in [9.17, 15) is 14.7 Å². The van der Waals surface area contributed by atoms with Crippen LogP contribution in [0.4, 0.5) is 5.69 Å². The predicted octanol–water partition coefficient (Wildman–Crippen LogP) is 3.19. The molecule has 0 saturated carbocycles. The fourth-order valence-corrected chi connectivity index (χ4v) is 2.90. The van der Waals surface area contributed by atoms with E-state index in [1.54, 1.807) is 37.3 Å². The Balaban J connectivity index is 2.05. The number of nitrogens with one attached hydrogen (secondary N) is 1. The molecular weight excluding hydrogens is 360 g/mol. The summed E-state index contributed by atoms with van der Waals surface area (Å²) >= 11 is 11.3. The molecule has 0 aliphatic carbocycles. The lowest BCUT2D eigenvalue weighted by Gasteiger charge is -2.30. The molecule has 2 N–H and O–H groups in total. The molecular formula is C18H13ClN2O3S. The normalized spacial score (nSPS) is 16.3. The fourth-order valence-electron chi connectivity index (χ4n) is 2.45. The number of carbonyl (C=O) groups is 2. The third-order valence-corrected chi connectivity index (χ3v) is 4.48. The Morgan fingerprint density at radius 2 is 1.84 bits per heavy atom. The molecule has 7 heteroatoms. The molecule has 0 atom stereocenters. The summed E-state index contributed by atoms with van der Waals surface area (Å²) < 4.78 is 0. The molecule has 2 aromatic rings. The number of hydrogen-bond acceptors (Lipinski definition) is 4. The molecule has 25 heavy (non-hydrogen) atoms. The maximum absolute atomic E-state index is 12.9. The monoisotopic (exact) mass is 372 g/mol. The van der Waals surface area contributed by atoms with Gasteiger partial charge in [-0.25, -0.2) is 0 Å². The predicted molar refractivity (Wildman–Crippen MR) is 100 cm³/mol. The summed E-state index contributed by atoms with van der Waals surface area (Å²) in [5.74, 6) is -1.01. The van der Waals surface area contributed by atoms with Crippen molar-refractivity contribution in [1.29, 1.82) is 0 Å². The van der Waals surface area contributed by atoms with Crippen molar-refractivity contribution in [2.24, 2.45) is 0 Å². The van der Waals surface area contributed by atoms with Crippen LogP contribution in [0, 0.1) is 6.92 Å². The maximum Gasteiger partial charge on any atom is 0.270 e. The first-order chi connectivity index (χ1) is 11.9. The van der Waals surface area contributed by atoms with Gasteiger partial charge in [-0.15, -0.1) is 0 Å². The average Bonchev–Trinajstić information content (AvgIpc) is 2.57. The quantitative estimate of drug-likeness (QED) is 0.482. The number of benzene rings is 2. The molecule has 1 fully saturated rings. The minimum atomic E-state index is -0.570. The molecule has 0 radical (unpaired) electrons. The highest BCUT2D eigenvalue weighted by molar-refractivity contribution is 7.80. The summed E-state index contributed by atoms with van der Waals surface area (Å²) in [6.07, 6.45) is 1.45.